The number of halogens is 1. The number of hydrogen-bond donors (Lipinski definition) is 1. The molecule has 2 aromatic rings. The number of aliphatic imine (C=N–C) groups is 1. The van der Waals surface area contributed by atoms with Gasteiger partial charge in [0.25, 0.3) is 0 Å². The molecular formula is C23H34IN3O3. The highest BCUT2D eigenvalue weighted by Crippen LogP contribution is 2.27. The molecule has 0 radical (unpaired) electrons. The van der Waals surface area contributed by atoms with Crippen molar-refractivity contribution >= 4 is 29.9 Å². The van der Waals surface area contributed by atoms with E-state index in [-0.39, 0.29) is 24.0 Å². The Kier molecular flexibility index (Phi) is 12.0. The summed E-state index contributed by atoms with van der Waals surface area (Å²) < 4.78 is 16.1. The molecule has 0 unspecified atom stereocenters. The number of nitrogens with zero attached hydrogens (tertiary/aromatic N) is 2. The van der Waals surface area contributed by atoms with Crippen molar-refractivity contribution in [3.05, 3.63) is 53.6 Å². The fraction of sp³-hybridized carbons (Fsp3) is 0.435. The van der Waals surface area contributed by atoms with Gasteiger partial charge in [-0.25, -0.2) is 0 Å². The van der Waals surface area contributed by atoms with Gasteiger partial charge in [0.05, 0.1) is 21.3 Å². The molecule has 2 aromatic carbocycles. The first-order chi connectivity index (χ1) is 14.1. The van der Waals surface area contributed by atoms with Crippen molar-refractivity contribution in [2.45, 2.75) is 19.8 Å². The molecule has 0 spiro atoms. The monoisotopic (exact) mass is 527 g/mol. The number of para-hydroxylation sites is 1. The summed E-state index contributed by atoms with van der Waals surface area (Å²) in [7, 11) is 7.07. The average Bonchev–Trinajstić information content (AvgIpc) is 2.76. The normalized spacial score (nSPS) is 10.8. The standard InChI is InChI=1S/C23H33N3O3.HI/c1-6-24-23(25-15-13-19-9-7-8-10-20(19)27-3)26(2)16-14-18-11-12-21(28-4)22(17-18)29-5;/h7-12,17H,6,13-16H2,1-5H3,(H,24,25);1H. The number of likely N-dealkylation sites (N-methyl/N-ethyl adjacent to an activating group) is 1. The Morgan fingerprint density at radius 1 is 0.933 bits per heavy atom. The zero-order chi connectivity index (χ0) is 21.1. The van der Waals surface area contributed by atoms with Crippen molar-refractivity contribution in [1.82, 2.24) is 10.2 Å². The molecule has 0 aromatic heterocycles. The van der Waals surface area contributed by atoms with Crippen molar-refractivity contribution in [3.63, 3.8) is 0 Å². The molecule has 0 fully saturated rings. The zero-order valence-corrected chi connectivity index (χ0v) is 20.9. The van der Waals surface area contributed by atoms with Crippen LogP contribution in [0.5, 0.6) is 17.2 Å². The summed E-state index contributed by atoms with van der Waals surface area (Å²) in [6.45, 7) is 4.45. The SMILES string of the molecule is CCNC(=NCCc1ccccc1OC)N(C)CCc1ccc(OC)c(OC)c1.I. The molecule has 0 aliphatic carbocycles. The molecular weight excluding hydrogens is 493 g/mol. The van der Waals surface area contributed by atoms with Gasteiger partial charge in [0.15, 0.2) is 17.5 Å². The molecule has 0 atom stereocenters. The summed E-state index contributed by atoms with van der Waals surface area (Å²) in [5.41, 5.74) is 2.36. The van der Waals surface area contributed by atoms with E-state index in [1.807, 2.05) is 30.3 Å². The van der Waals surface area contributed by atoms with Gasteiger partial charge in [0.1, 0.15) is 5.75 Å². The van der Waals surface area contributed by atoms with Crippen LogP contribution in [0.4, 0.5) is 0 Å². The fourth-order valence-corrected chi connectivity index (χ4v) is 3.10. The second-order valence-electron chi connectivity index (χ2n) is 6.66. The van der Waals surface area contributed by atoms with Gasteiger partial charge in [0, 0.05) is 26.7 Å². The smallest absolute Gasteiger partial charge is 0.193 e. The number of benzene rings is 2. The minimum Gasteiger partial charge on any atom is -0.496 e. The minimum atomic E-state index is 0. The Balaban J connectivity index is 0.00000450. The average molecular weight is 527 g/mol. The predicted molar refractivity (Wildman–Crippen MR) is 134 cm³/mol. The predicted octanol–water partition coefficient (Wildman–Crippen LogP) is 4.01. The molecule has 166 valence electrons. The van der Waals surface area contributed by atoms with Gasteiger partial charge in [-0.1, -0.05) is 24.3 Å². The Hall–Kier alpha value is -2.16. The third-order valence-corrected chi connectivity index (χ3v) is 4.72. The maximum atomic E-state index is 5.43. The molecule has 30 heavy (non-hydrogen) atoms. The van der Waals surface area contributed by atoms with E-state index in [9.17, 15) is 0 Å². The lowest BCUT2D eigenvalue weighted by Crippen LogP contribution is -2.40. The highest BCUT2D eigenvalue weighted by atomic mass is 127. The number of guanidine groups is 1. The molecule has 0 heterocycles. The lowest BCUT2D eigenvalue weighted by molar-refractivity contribution is 0.354. The number of methoxy groups -OCH3 is 3. The van der Waals surface area contributed by atoms with Crippen molar-refractivity contribution in [3.8, 4) is 17.2 Å². The molecule has 7 heteroatoms. The molecule has 0 aliphatic rings. The van der Waals surface area contributed by atoms with E-state index in [0.717, 1.165) is 49.1 Å². The first-order valence-corrected chi connectivity index (χ1v) is 9.95. The van der Waals surface area contributed by atoms with E-state index in [1.165, 1.54) is 11.1 Å². The highest BCUT2D eigenvalue weighted by molar-refractivity contribution is 14.0. The lowest BCUT2D eigenvalue weighted by atomic mass is 10.1. The van der Waals surface area contributed by atoms with Crippen LogP contribution >= 0.6 is 24.0 Å². The molecule has 0 amide bonds. The summed E-state index contributed by atoms with van der Waals surface area (Å²) in [5.74, 6) is 3.32. The molecule has 0 saturated heterocycles. The summed E-state index contributed by atoms with van der Waals surface area (Å²) in [4.78, 5) is 6.94. The second-order valence-corrected chi connectivity index (χ2v) is 6.66. The van der Waals surface area contributed by atoms with Crippen LogP contribution in [-0.4, -0.2) is 58.9 Å². The van der Waals surface area contributed by atoms with E-state index in [4.69, 9.17) is 19.2 Å². The minimum absolute atomic E-state index is 0. The lowest BCUT2D eigenvalue weighted by Gasteiger charge is -2.22. The Bertz CT molecular complexity index is 799. The van der Waals surface area contributed by atoms with E-state index in [0.29, 0.717) is 6.54 Å². The first kappa shape index (κ1) is 25.9. The largest absolute Gasteiger partial charge is 0.496 e. The highest BCUT2D eigenvalue weighted by Gasteiger charge is 2.09. The van der Waals surface area contributed by atoms with Gasteiger partial charge in [-0.2, -0.15) is 0 Å². The van der Waals surface area contributed by atoms with Crippen LogP contribution in [-0.2, 0) is 12.8 Å². The fourth-order valence-electron chi connectivity index (χ4n) is 3.10. The van der Waals surface area contributed by atoms with Crippen molar-refractivity contribution in [2.75, 3.05) is 48.0 Å². The third kappa shape index (κ3) is 7.59. The molecule has 2 rings (SSSR count). The van der Waals surface area contributed by atoms with Crippen LogP contribution < -0.4 is 19.5 Å². The number of hydrogen-bond acceptors (Lipinski definition) is 4. The third-order valence-electron chi connectivity index (χ3n) is 4.72. The Morgan fingerprint density at radius 3 is 2.30 bits per heavy atom. The van der Waals surface area contributed by atoms with Gasteiger partial charge in [-0.05, 0) is 49.1 Å². The maximum absolute atomic E-state index is 5.43. The van der Waals surface area contributed by atoms with E-state index in [2.05, 4.69) is 36.3 Å². The van der Waals surface area contributed by atoms with E-state index in [1.54, 1.807) is 21.3 Å². The van der Waals surface area contributed by atoms with Crippen molar-refractivity contribution < 1.29 is 14.2 Å². The van der Waals surface area contributed by atoms with Crippen LogP contribution in [0.1, 0.15) is 18.1 Å². The van der Waals surface area contributed by atoms with E-state index < -0.39 is 0 Å². The Labute approximate surface area is 197 Å². The summed E-state index contributed by atoms with van der Waals surface area (Å²) >= 11 is 0. The topological polar surface area (TPSA) is 55.3 Å². The molecule has 0 saturated carbocycles. The number of nitrogens with one attached hydrogen (secondary N) is 1. The Morgan fingerprint density at radius 2 is 1.63 bits per heavy atom. The van der Waals surface area contributed by atoms with Gasteiger partial charge >= 0.3 is 0 Å². The van der Waals surface area contributed by atoms with E-state index >= 15 is 0 Å². The zero-order valence-electron chi connectivity index (χ0n) is 18.6. The molecule has 1 N–H and O–H groups in total. The van der Waals surface area contributed by atoms with Crippen molar-refractivity contribution in [2.24, 2.45) is 4.99 Å². The van der Waals surface area contributed by atoms with Crippen LogP contribution in [0.25, 0.3) is 0 Å². The maximum Gasteiger partial charge on any atom is 0.193 e. The first-order valence-electron chi connectivity index (χ1n) is 9.95. The number of rotatable bonds is 10. The van der Waals surface area contributed by atoms with Crippen LogP contribution in [0.3, 0.4) is 0 Å². The molecule has 0 aliphatic heterocycles. The second kappa shape index (κ2) is 14.0. The summed E-state index contributed by atoms with van der Waals surface area (Å²) in [6.07, 6.45) is 1.72. The van der Waals surface area contributed by atoms with Gasteiger partial charge in [0.2, 0.25) is 0 Å². The van der Waals surface area contributed by atoms with Gasteiger partial charge < -0.3 is 24.4 Å². The van der Waals surface area contributed by atoms with Gasteiger partial charge in [-0.3, -0.25) is 4.99 Å². The quantitative estimate of drug-likeness (QED) is 0.288. The summed E-state index contributed by atoms with van der Waals surface area (Å²) in [6, 6.07) is 14.1. The van der Waals surface area contributed by atoms with Crippen LogP contribution in [0.15, 0.2) is 47.5 Å². The van der Waals surface area contributed by atoms with Crippen molar-refractivity contribution in [1.29, 1.82) is 0 Å². The summed E-state index contributed by atoms with van der Waals surface area (Å²) in [5, 5.41) is 3.37. The van der Waals surface area contributed by atoms with Crippen LogP contribution in [0.2, 0.25) is 0 Å². The molecule has 6 nitrogen and oxygen atoms in total. The van der Waals surface area contributed by atoms with Crippen LogP contribution in [0, 0.1) is 0 Å². The molecule has 0 bridgehead atoms. The van der Waals surface area contributed by atoms with Gasteiger partial charge in [-0.15, -0.1) is 24.0 Å². The number of ether oxygens (including phenoxy) is 3.